The normalized spacial score (nSPS) is 16.1. The van der Waals surface area contributed by atoms with Crippen LogP contribution in [0.2, 0.25) is 0 Å². The zero-order chi connectivity index (χ0) is 20.1. The molecule has 0 bridgehead atoms. The third-order valence-corrected chi connectivity index (χ3v) is 5.44. The van der Waals surface area contributed by atoms with E-state index in [2.05, 4.69) is 60.5 Å². The lowest BCUT2D eigenvalue weighted by Gasteiger charge is -2.36. The van der Waals surface area contributed by atoms with Crippen LogP contribution in [-0.2, 0) is 0 Å². The summed E-state index contributed by atoms with van der Waals surface area (Å²) in [5, 5.41) is 3.45. The SMILES string of the molecule is COc1cc(C(c2ccc(C(C)C)cc2)N2CCNCC2)cc(OC)c1OC. The largest absolute Gasteiger partial charge is 0.493 e. The molecule has 28 heavy (non-hydrogen) atoms. The lowest BCUT2D eigenvalue weighted by atomic mass is 9.93. The van der Waals surface area contributed by atoms with Gasteiger partial charge in [-0.1, -0.05) is 38.1 Å². The second kappa shape index (κ2) is 9.30. The van der Waals surface area contributed by atoms with E-state index in [4.69, 9.17) is 14.2 Å². The van der Waals surface area contributed by atoms with E-state index in [1.165, 1.54) is 11.1 Å². The minimum absolute atomic E-state index is 0.136. The third-order valence-electron chi connectivity index (χ3n) is 5.44. The Hall–Kier alpha value is -2.24. The van der Waals surface area contributed by atoms with Gasteiger partial charge in [0, 0.05) is 26.2 Å². The number of rotatable bonds is 7. The first-order valence-electron chi connectivity index (χ1n) is 9.93. The molecule has 1 aliphatic rings. The highest BCUT2D eigenvalue weighted by Crippen LogP contribution is 2.42. The molecule has 0 spiro atoms. The van der Waals surface area contributed by atoms with Gasteiger partial charge in [0.2, 0.25) is 5.75 Å². The van der Waals surface area contributed by atoms with Gasteiger partial charge >= 0.3 is 0 Å². The van der Waals surface area contributed by atoms with E-state index in [9.17, 15) is 0 Å². The number of benzene rings is 2. The van der Waals surface area contributed by atoms with Gasteiger partial charge in [-0.15, -0.1) is 0 Å². The van der Waals surface area contributed by atoms with Crippen molar-refractivity contribution in [3.63, 3.8) is 0 Å². The van der Waals surface area contributed by atoms with Crippen molar-refractivity contribution >= 4 is 0 Å². The van der Waals surface area contributed by atoms with E-state index in [0.29, 0.717) is 23.2 Å². The minimum Gasteiger partial charge on any atom is -0.493 e. The van der Waals surface area contributed by atoms with Crippen LogP contribution in [0.5, 0.6) is 17.2 Å². The van der Waals surface area contributed by atoms with Gasteiger partial charge in [0.15, 0.2) is 11.5 Å². The zero-order valence-corrected chi connectivity index (χ0v) is 17.6. The van der Waals surface area contributed by atoms with Crippen molar-refractivity contribution in [1.82, 2.24) is 10.2 Å². The summed E-state index contributed by atoms with van der Waals surface area (Å²) in [5.74, 6) is 2.53. The first-order chi connectivity index (χ1) is 13.6. The second-order valence-electron chi connectivity index (χ2n) is 7.47. The van der Waals surface area contributed by atoms with Crippen molar-refractivity contribution in [3.8, 4) is 17.2 Å². The third kappa shape index (κ3) is 4.26. The smallest absolute Gasteiger partial charge is 0.203 e. The van der Waals surface area contributed by atoms with E-state index in [1.54, 1.807) is 21.3 Å². The number of hydrogen-bond acceptors (Lipinski definition) is 5. The van der Waals surface area contributed by atoms with Crippen molar-refractivity contribution in [2.45, 2.75) is 25.8 Å². The Kier molecular flexibility index (Phi) is 6.81. The summed E-state index contributed by atoms with van der Waals surface area (Å²) in [6.07, 6.45) is 0. The van der Waals surface area contributed by atoms with Crippen LogP contribution >= 0.6 is 0 Å². The summed E-state index contributed by atoms with van der Waals surface area (Å²) in [6, 6.07) is 13.3. The average Bonchev–Trinajstić information content (AvgIpc) is 2.74. The Morgan fingerprint density at radius 3 is 1.79 bits per heavy atom. The highest BCUT2D eigenvalue weighted by molar-refractivity contribution is 5.55. The van der Waals surface area contributed by atoms with Crippen LogP contribution < -0.4 is 19.5 Å². The summed E-state index contributed by atoms with van der Waals surface area (Å²) in [7, 11) is 4.97. The molecule has 0 amide bonds. The highest BCUT2D eigenvalue weighted by Gasteiger charge is 2.26. The second-order valence-corrected chi connectivity index (χ2v) is 7.47. The predicted molar refractivity (Wildman–Crippen MR) is 113 cm³/mol. The first kappa shape index (κ1) is 20.5. The maximum absolute atomic E-state index is 5.61. The van der Waals surface area contributed by atoms with Crippen molar-refractivity contribution in [2.24, 2.45) is 0 Å². The fourth-order valence-corrected chi connectivity index (χ4v) is 3.88. The summed E-state index contributed by atoms with van der Waals surface area (Å²) >= 11 is 0. The maximum Gasteiger partial charge on any atom is 0.203 e. The number of nitrogens with zero attached hydrogens (tertiary/aromatic N) is 1. The van der Waals surface area contributed by atoms with Gasteiger partial charge < -0.3 is 19.5 Å². The molecule has 0 saturated carbocycles. The van der Waals surface area contributed by atoms with E-state index in [0.717, 1.165) is 31.7 Å². The van der Waals surface area contributed by atoms with Crippen LogP contribution in [0.15, 0.2) is 36.4 Å². The van der Waals surface area contributed by atoms with E-state index < -0.39 is 0 Å². The average molecular weight is 385 g/mol. The molecule has 2 aromatic carbocycles. The Balaban J connectivity index is 2.08. The Morgan fingerprint density at radius 1 is 0.786 bits per heavy atom. The lowest BCUT2D eigenvalue weighted by Crippen LogP contribution is -2.45. The molecule has 5 heteroatoms. The molecule has 1 N–H and O–H groups in total. The molecule has 5 nitrogen and oxygen atoms in total. The van der Waals surface area contributed by atoms with Crippen LogP contribution in [0.1, 0.15) is 42.5 Å². The summed E-state index contributed by atoms with van der Waals surface area (Å²) < 4.78 is 16.7. The van der Waals surface area contributed by atoms with Gasteiger partial charge in [-0.2, -0.15) is 0 Å². The van der Waals surface area contributed by atoms with Crippen LogP contribution in [0.4, 0.5) is 0 Å². The first-order valence-corrected chi connectivity index (χ1v) is 9.93. The molecule has 1 unspecified atom stereocenters. The fraction of sp³-hybridized carbons (Fsp3) is 0.478. The van der Waals surface area contributed by atoms with Gasteiger partial charge in [-0.25, -0.2) is 0 Å². The van der Waals surface area contributed by atoms with Crippen molar-refractivity contribution in [2.75, 3.05) is 47.5 Å². The molecule has 152 valence electrons. The number of nitrogens with one attached hydrogen (secondary N) is 1. The van der Waals surface area contributed by atoms with Gasteiger partial charge in [0.05, 0.1) is 27.4 Å². The van der Waals surface area contributed by atoms with Crippen LogP contribution in [0.3, 0.4) is 0 Å². The van der Waals surface area contributed by atoms with Crippen LogP contribution in [0, 0.1) is 0 Å². The molecule has 0 aromatic heterocycles. The molecule has 1 aliphatic heterocycles. The zero-order valence-electron chi connectivity index (χ0n) is 17.6. The molecule has 1 fully saturated rings. The van der Waals surface area contributed by atoms with Crippen molar-refractivity contribution < 1.29 is 14.2 Å². The topological polar surface area (TPSA) is 43.0 Å². The molecular weight excluding hydrogens is 352 g/mol. The molecular formula is C23H32N2O3. The monoisotopic (exact) mass is 384 g/mol. The summed E-state index contributed by atoms with van der Waals surface area (Å²) in [6.45, 7) is 8.42. The summed E-state index contributed by atoms with van der Waals surface area (Å²) in [4.78, 5) is 2.52. The molecule has 1 heterocycles. The van der Waals surface area contributed by atoms with Gasteiger partial charge in [0.1, 0.15) is 0 Å². The lowest BCUT2D eigenvalue weighted by molar-refractivity contribution is 0.197. The van der Waals surface area contributed by atoms with Crippen molar-refractivity contribution in [3.05, 3.63) is 53.1 Å². The van der Waals surface area contributed by atoms with Gasteiger partial charge in [-0.3, -0.25) is 4.90 Å². The van der Waals surface area contributed by atoms with E-state index in [1.807, 2.05) is 0 Å². The summed E-state index contributed by atoms with van der Waals surface area (Å²) in [5.41, 5.74) is 3.78. The highest BCUT2D eigenvalue weighted by atomic mass is 16.5. The minimum atomic E-state index is 0.136. The van der Waals surface area contributed by atoms with Gasteiger partial charge in [-0.05, 0) is 34.7 Å². The number of hydrogen-bond donors (Lipinski definition) is 1. The van der Waals surface area contributed by atoms with Crippen molar-refractivity contribution in [1.29, 1.82) is 0 Å². The molecule has 1 atom stereocenters. The molecule has 0 aliphatic carbocycles. The quantitative estimate of drug-likeness (QED) is 0.786. The molecule has 1 saturated heterocycles. The predicted octanol–water partition coefficient (Wildman–Crippen LogP) is 3.83. The standard InChI is InChI=1S/C23H32N2O3/c1-16(2)17-6-8-18(9-7-17)22(25-12-10-24-11-13-25)19-14-20(26-3)23(28-5)21(15-19)27-4/h6-9,14-16,22,24H,10-13H2,1-5H3. The van der Waals surface area contributed by atoms with E-state index in [-0.39, 0.29) is 6.04 Å². The Bertz CT molecular complexity index is 743. The van der Waals surface area contributed by atoms with Gasteiger partial charge in [0.25, 0.3) is 0 Å². The number of methoxy groups -OCH3 is 3. The molecule has 2 aromatic rings. The molecule has 3 rings (SSSR count). The molecule has 0 radical (unpaired) electrons. The Morgan fingerprint density at radius 2 is 1.32 bits per heavy atom. The van der Waals surface area contributed by atoms with E-state index >= 15 is 0 Å². The van der Waals surface area contributed by atoms with Crippen LogP contribution in [-0.4, -0.2) is 52.4 Å². The Labute approximate surface area is 168 Å². The van der Waals surface area contributed by atoms with Crippen LogP contribution in [0.25, 0.3) is 0 Å². The number of ether oxygens (including phenoxy) is 3. The fourth-order valence-electron chi connectivity index (χ4n) is 3.88. The maximum atomic E-state index is 5.61. The number of piperazine rings is 1.